The van der Waals surface area contributed by atoms with Gasteiger partial charge in [-0.3, -0.25) is 20.2 Å². The van der Waals surface area contributed by atoms with E-state index in [4.69, 9.17) is 17.4 Å². The first-order chi connectivity index (χ1) is 14.1. The lowest BCUT2D eigenvalue weighted by Crippen LogP contribution is -2.34. The van der Waals surface area contributed by atoms with Crippen molar-refractivity contribution in [2.45, 2.75) is 17.7 Å². The minimum absolute atomic E-state index is 0.0466. The Bertz CT molecular complexity index is 1100. The zero-order valence-corrected chi connectivity index (χ0v) is 17.3. The number of anilines is 2. The summed E-state index contributed by atoms with van der Waals surface area (Å²) >= 11 is 5.09. The van der Waals surface area contributed by atoms with E-state index in [0.29, 0.717) is 11.4 Å². The summed E-state index contributed by atoms with van der Waals surface area (Å²) in [6, 6.07) is 9.78. The number of nitrogens with two attached hydrogens (primary N) is 1. The molecule has 2 aromatic rings. The van der Waals surface area contributed by atoms with Crippen LogP contribution < -0.4 is 20.7 Å². The average molecular weight is 450 g/mol. The molecule has 0 bridgehead atoms. The number of rotatable bonds is 5. The molecule has 0 radical (unpaired) electrons. The number of nitro groups is 1. The second-order valence-corrected chi connectivity index (χ2v) is 8.60. The third-order valence-corrected chi connectivity index (χ3v) is 5.68. The van der Waals surface area contributed by atoms with E-state index in [2.05, 4.69) is 10.6 Å². The molecule has 0 atom stereocenters. The number of nitrogens with zero attached hydrogens (tertiary/aromatic N) is 2. The molecule has 1 fully saturated rings. The Balaban J connectivity index is 1.69. The lowest BCUT2D eigenvalue weighted by molar-refractivity contribution is -0.384. The van der Waals surface area contributed by atoms with Gasteiger partial charge in [-0.25, -0.2) is 13.6 Å². The van der Waals surface area contributed by atoms with Crippen molar-refractivity contribution in [2.24, 2.45) is 5.14 Å². The van der Waals surface area contributed by atoms with Gasteiger partial charge in [-0.05, 0) is 61.5 Å². The highest BCUT2D eigenvalue weighted by Gasteiger charge is 2.24. The number of hydrogen-bond donors (Lipinski definition) is 3. The Morgan fingerprint density at radius 3 is 2.33 bits per heavy atom. The molecule has 1 aliphatic heterocycles. The standard InChI is InChI=1S/C18H19N5O5S2/c19-30(27,28)14-6-4-13(5-7-14)20-18(29)21-17(24)12-3-8-15(16(11-12)23(25)26)22-9-1-2-10-22/h3-8,11H,1-2,9-10H2,(H2,19,27,28)(H2,20,21,24,29). The first kappa shape index (κ1) is 21.6. The topological polar surface area (TPSA) is 148 Å². The van der Waals surface area contributed by atoms with Gasteiger partial charge in [-0.1, -0.05) is 0 Å². The number of sulfonamides is 1. The fourth-order valence-corrected chi connectivity index (χ4v) is 3.83. The van der Waals surface area contributed by atoms with Gasteiger partial charge in [0.25, 0.3) is 11.6 Å². The molecule has 30 heavy (non-hydrogen) atoms. The highest BCUT2D eigenvalue weighted by atomic mass is 32.2. The van der Waals surface area contributed by atoms with Crippen LogP contribution in [0, 0.1) is 10.1 Å². The molecule has 3 rings (SSSR count). The molecule has 0 aliphatic carbocycles. The number of carbonyl (C=O) groups excluding carboxylic acids is 1. The molecule has 158 valence electrons. The van der Waals surface area contributed by atoms with Crippen LogP contribution in [0.4, 0.5) is 17.1 Å². The van der Waals surface area contributed by atoms with Gasteiger partial charge in [0.15, 0.2) is 5.11 Å². The molecule has 0 unspecified atom stereocenters. The zero-order valence-electron chi connectivity index (χ0n) is 15.7. The van der Waals surface area contributed by atoms with Crippen LogP contribution >= 0.6 is 12.2 Å². The van der Waals surface area contributed by atoms with Crippen LogP contribution in [0.5, 0.6) is 0 Å². The van der Waals surface area contributed by atoms with Crippen molar-refractivity contribution >= 4 is 50.3 Å². The van der Waals surface area contributed by atoms with Gasteiger partial charge in [0.1, 0.15) is 5.69 Å². The van der Waals surface area contributed by atoms with Crippen molar-refractivity contribution in [1.82, 2.24) is 5.32 Å². The lowest BCUT2D eigenvalue weighted by Gasteiger charge is -2.18. The maximum absolute atomic E-state index is 12.5. The summed E-state index contributed by atoms with van der Waals surface area (Å²) in [4.78, 5) is 25.3. The molecule has 10 nitrogen and oxygen atoms in total. The Kier molecular flexibility index (Phi) is 6.29. The average Bonchev–Trinajstić information content (AvgIpc) is 3.21. The van der Waals surface area contributed by atoms with Gasteiger partial charge in [0.2, 0.25) is 10.0 Å². The zero-order chi connectivity index (χ0) is 21.9. The summed E-state index contributed by atoms with van der Waals surface area (Å²) in [6.07, 6.45) is 1.94. The lowest BCUT2D eigenvalue weighted by atomic mass is 10.1. The summed E-state index contributed by atoms with van der Waals surface area (Å²) < 4.78 is 22.6. The quantitative estimate of drug-likeness (QED) is 0.356. The van der Waals surface area contributed by atoms with Crippen LogP contribution in [0.1, 0.15) is 23.2 Å². The van der Waals surface area contributed by atoms with Crippen molar-refractivity contribution in [1.29, 1.82) is 0 Å². The monoisotopic (exact) mass is 449 g/mol. The second-order valence-electron chi connectivity index (χ2n) is 6.63. The SMILES string of the molecule is NS(=O)(=O)c1ccc(NC(=S)NC(=O)c2ccc(N3CCCC3)c([N+](=O)[O-])c2)cc1. The largest absolute Gasteiger partial charge is 0.366 e. The fraction of sp³-hybridized carbons (Fsp3) is 0.222. The van der Waals surface area contributed by atoms with Gasteiger partial charge >= 0.3 is 0 Å². The Morgan fingerprint density at radius 2 is 1.77 bits per heavy atom. The Labute approximate surface area is 178 Å². The highest BCUT2D eigenvalue weighted by molar-refractivity contribution is 7.89. The highest BCUT2D eigenvalue weighted by Crippen LogP contribution is 2.31. The predicted molar refractivity (Wildman–Crippen MR) is 116 cm³/mol. The molecule has 0 aromatic heterocycles. The summed E-state index contributed by atoms with van der Waals surface area (Å²) in [5, 5.41) is 21.6. The summed E-state index contributed by atoms with van der Waals surface area (Å²) in [5.41, 5.74) is 0.883. The van der Waals surface area contributed by atoms with Crippen LogP contribution in [0.15, 0.2) is 47.4 Å². The van der Waals surface area contributed by atoms with Crippen molar-refractivity contribution in [3.8, 4) is 0 Å². The molecule has 0 saturated carbocycles. The Hall–Kier alpha value is -3.09. The minimum Gasteiger partial charge on any atom is -0.366 e. The first-order valence-corrected chi connectivity index (χ1v) is 10.9. The van der Waals surface area contributed by atoms with Crippen molar-refractivity contribution in [2.75, 3.05) is 23.3 Å². The van der Waals surface area contributed by atoms with Crippen LogP contribution in [0.25, 0.3) is 0 Å². The van der Waals surface area contributed by atoms with E-state index in [9.17, 15) is 23.3 Å². The third kappa shape index (κ3) is 5.09. The summed E-state index contributed by atoms with van der Waals surface area (Å²) in [6.45, 7) is 1.48. The Morgan fingerprint density at radius 1 is 1.13 bits per heavy atom. The van der Waals surface area contributed by atoms with E-state index in [1.165, 1.54) is 36.4 Å². The first-order valence-electron chi connectivity index (χ1n) is 8.94. The number of nitrogens with one attached hydrogen (secondary N) is 2. The molecule has 1 amide bonds. The number of benzene rings is 2. The van der Waals surface area contributed by atoms with Gasteiger partial charge in [-0.15, -0.1) is 0 Å². The maximum atomic E-state index is 12.5. The predicted octanol–water partition coefficient (Wildman–Crippen LogP) is 1.97. The van der Waals surface area contributed by atoms with Gasteiger partial charge in [0, 0.05) is 30.4 Å². The number of hydrogen-bond acceptors (Lipinski definition) is 7. The van der Waals surface area contributed by atoms with Crippen molar-refractivity contribution < 1.29 is 18.1 Å². The molecule has 2 aromatic carbocycles. The van der Waals surface area contributed by atoms with Crippen molar-refractivity contribution in [3.05, 3.63) is 58.1 Å². The number of nitro benzene ring substituents is 1. The molecule has 12 heteroatoms. The molecular weight excluding hydrogens is 430 g/mol. The third-order valence-electron chi connectivity index (χ3n) is 4.55. The van der Waals surface area contributed by atoms with E-state index in [1.807, 2.05) is 4.90 Å². The smallest absolute Gasteiger partial charge is 0.293 e. The van der Waals surface area contributed by atoms with Gasteiger partial charge < -0.3 is 10.2 Å². The van der Waals surface area contributed by atoms with Gasteiger partial charge in [-0.2, -0.15) is 0 Å². The van der Waals surface area contributed by atoms with E-state index >= 15 is 0 Å². The number of carbonyl (C=O) groups is 1. The van der Waals surface area contributed by atoms with Crippen LogP contribution in [-0.2, 0) is 10.0 Å². The van der Waals surface area contributed by atoms with E-state index in [-0.39, 0.29) is 21.3 Å². The van der Waals surface area contributed by atoms with Gasteiger partial charge in [0.05, 0.1) is 9.82 Å². The molecule has 1 aliphatic rings. The molecular formula is C18H19N5O5S2. The molecule has 1 heterocycles. The van der Waals surface area contributed by atoms with Crippen LogP contribution in [0.2, 0.25) is 0 Å². The van der Waals surface area contributed by atoms with E-state index < -0.39 is 20.9 Å². The van der Waals surface area contributed by atoms with Crippen LogP contribution in [-0.4, -0.2) is 37.5 Å². The van der Waals surface area contributed by atoms with E-state index in [1.54, 1.807) is 6.07 Å². The molecule has 0 spiro atoms. The maximum Gasteiger partial charge on any atom is 0.293 e. The minimum atomic E-state index is -3.81. The van der Waals surface area contributed by atoms with Crippen LogP contribution in [0.3, 0.4) is 0 Å². The fourth-order valence-electron chi connectivity index (χ4n) is 3.10. The second kappa shape index (κ2) is 8.73. The molecule has 4 N–H and O–H groups in total. The number of primary sulfonamides is 1. The molecule has 1 saturated heterocycles. The van der Waals surface area contributed by atoms with E-state index in [0.717, 1.165) is 25.9 Å². The summed E-state index contributed by atoms with van der Waals surface area (Å²) in [5.74, 6) is -0.607. The normalized spacial score (nSPS) is 13.7. The number of amides is 1. The number of thiocarbonyl (C=S) groups is 1. The summed E-state index contributed by atoms with van der Waals surface area (Å²) in [7, 11) is -3.81. The van der Waals surface area contributed by atoms with Crippen molar-refractivity contribution in [3.63, 3.8) is 0 Å².